The van der Waals surface area contributed by atoms with Gasteiger partial charge in [0.05, 0.1) is 6.10 Å². The summed E-state index contributed by atoms with van der Waals surface area (Å²) in [5.74, 6) is 0.905. The molecule has 3 heteroatoms. The van der Waals surface area contributed by atoms with Crippen LogP contribution in [-0.2, 0) is 0 Å². The third kappa shape index (κ3) is 4.75. The molecule has 3 nitrogen and oxygen atoms in total. The van der Waals surface area contributed by atoms with Gasteiger partial charge in [-0.15, -0.1) is 0 Å². The molecular weight excluding hydrogens is 212 g/mol. The molecule has 0 aliphatic heterocycles. The minimum Gasteiger partial charge on any atom is -0.491 e. The monoisotopic (exact) mass is 236 g/mol. The van der Waals surface area contributed by atoms with Crippen molar-refractivity contribution in [3.63, 3.8) is 0 Å². The van der Waals surface area contributed by atoms with Crippen LogP contribution in [0.3, 0.4) is 0 Å². The Morgan fingerprint density at radius 1 is 1.18 bits per heavy atom. The number of benzene rings is 1. The Morgan fingerprint density at radius 3 is 2.53 bits per heavy atom. The molecule has 0 spiro atoms. The molecule has 0 bridgehead atoms. The lowest BCUT2D eigenvalue weighted by Crippen LogP contribution is -2.14. The first-order chi connectivity index (χ1) is 8.15. The van der Waals surface area contributed by atoms with Gasteiger partial charge in [0.25, 0.3) is 0 Å². The molecule has 96 valence electrons. The van der Waals surface area contributed by atoms with Gasteiger partial charge in [-0.25, -0.2) is 0 Å². The Kier molecular flexibility index (Phi) is 6.01. The first kappa shape index (κ1) is 14.0. The van der Waals surface area contributed by atoms with E-state index < -0.39 is 0 Å². The molecule has 0 radical (unpaired) electrons. The largest absolute Gasteiger partial charge is 0.491 e. The predicted molar refractivity (Wildman–Crippen MR) is 72.0 cm³/mol. The number of unbranched alkanes of at least 4 members (excludes halogenated alkanes) is 1. The summed E-state index contributed by atoms with van der Waals surface area (Å²) in [5.41, 5.74) is 12.8. The maximum absolute atomic E-state index is 6.19. The van der Waals surface area contributed by atoms with Gasteiger partial charge in [0.2, 0.25) is 0 Å². The molecule has 0 aromatic heterocycles. The second-order valence-electron chi connectivity index (χ2n) is 4.60. The van der Waals surface area contributed by atoms with Crippen molar-refractivity contribution in [3.05, 3.63) is 29.8 Å². The van der Waals surface area contributed by atoms with E-state index in [1.54, 1.807) is 0 Å². The summed E-state index contributed by atoms with van der Waals surface area (Å²) < 4.78 is 5.77. The summed E-state index contributed by atoms with van der Waals surface area (Å²) in [6.07, 6.45) is 3.22. The van der Waals surface area contributed by atoms with Crippen LogP contribution in [0.1, 0.15) is 44.7 Å². The Labute approximate surface area is 104 Å². The topological polar surface area (TPSA) is 61.3 Å². The summed E-state index contributed by atoms with van der Waals surface area (Å²) in [6, 6.07) is 8.05. The third-order valence-corrected chi connectivity index (χ3v) is 2.65. The molecular formula is C14H24N2O. The van der Waals surface area contributed by atoms with E-state index in [-0.39, 0.29) is 12.1 Å². The molecule has 4 N–H and O–H groups in total. The zero-order chi connectivity index (χ0) is 12.7. The maximum Gasteiger partial charge on any atom is 0.124 e. The van der Waals surface area contributed by atoms with Gasteiger partial charge in [-0.3, -0.25) is 0 Å². The van der Waals surface area contributed by atoms with Gasteiger partial charge >= 0.3 is 0 Å². The van der Waals surface area contributed by atoms with Crippen LogP contribution in [0.5, 0.6) is 5.75 Å². The first-order valence-electron chi connectivity index (χ1n) is 6.36. The highest BCUT2D eigenvalue weighted by Gasteiger charge is 2.12. The van der Waals surface area contributed by atoms with Crippen molar-refractivity contribution >= 4 is 0 Å². The fourth-order valence-corrected chi connectivity index (χ4v) is 1.81. The molecule has 0 fully saturated rings. The molecule has 0 aliphatic rings. The van der Waals surface area contributed by atoms with Crippen molar-refractivity contribution in [1.29, 1.82) is 0 Å². The summed E-state index contributed by atoms with van der Waals surface area (Å²) in [6.45, 7) is 4.78. The Hall–Kier alpha value is -1.06. The van der Waals surface area contributed by atoms with Crippen LogP contribution < -0.4 is 16.2 Å². The standard InChI is InChI=1S/C14H24N2O/c1-11(2)17-14-9-4-3-7-12(14)13(16)8-5-6-10-15/h3-4,7,9,11,13H,5-6,8,10,15-16H2,1-2H3/t13-/m1/s1. The average Bonchev–Trinajstić information content (AvgIpc) is 2.29. The van der Waals surface area contributed by atoms with Crippen LogP contribution in [0.15, 0.2) is 24.3 Å². The molecule has 17 heavy (non-hydrogen) atoms. The van der Waals surface area contributed by atoms with Gasteiger partial charge in [0.1, 0.15) is 5.75 Å². The lowest BCUT2D eigenvalue weighted by molar-refractivity contribution is 0.238. The summed E-state index contributed by atoms with van der Waals surface area (Å²) in [4.78, 5) is 0. The van der Waals surface area contributed by atoms with Crippen molar-refractivity contribution in [1.82, 2.24) is 0 Å². The fourth-order valence-electron chi connectivity index (χ4n) is 1.81. The van der Waals surface area contributed by atoms with Crippen molar-refractivity contribution in [2.24, 2.45) is 11.5 Å². The zero-order valence-corrected chi connectivity index (χ0v) is 10.9. The molecule has 0 heterocycles. The van der Waals surface area contributed by atoms with Crippen LogP contribution in [0.25, 0.3) is 0 Å². The second-order valence-corrected chi connectivity index (χ2v) is 4.60. The number of hydrogen-bond acceptors (Lipinski definition) is 3. The lowest BCUT2D eigenvalue weighted by atomic mass is 10.0. The smallest absolute Gasteiger partial charge is 0.124 e. The molecule has 1 aromatic carbocycles. The third-order valence-electron chi connectivity index (χ3n) is 2.65. The molecule has 0 unspecified atom stereocenters. The Balaban J connectivity index is 2.67. The number of nitrogens with two attached hydrogens (primary N) is 2. The van der Waals surface area contributed by atoms with Gasteiger partial charge in [0, 0.05) is 11.6 Å². The van der Waals surface area contributed by atoms with E-state index in [1.807, 2.05) is 38.1 Å². The van der Waals surface area contributed by atoms with Crippen LogP contribution in [0.2, 0.25) is 0 Å². The van der Waals surface area contributed by atoms with Crippen LogP contribution in [0.4, 0.5) is 0 Å². The average molecular weight is 236 g/mol. The number of para-hydroxylation sites is 1. The highest BCUT2D eigenvalue weighted by molar-refractivity contribution is 5.35. The SMILES string of the molecule is CC(C)Oc1ccccc1[C@H](N)CCCCN. The van der Waals surface area contributed by atoms with Crippen molar-refractivity contribution in [2.45, 2.75) is 45.3 Å². The van der Waals surface area contributed by atoms with Gasteiger partial charge in [-0.1, -0.05) is 24.6 Å². The van der Waals surface area contributed by atoms with Crippen LogP contribution in [-0.4, -0.2) is 12.6 Å². The second kappa shape index (κ2) is 7.30. The zero-order valence-electron chi connectivity index (χ0n) is 10.9. The summed E-state index contributed by atoms with van der Waals surface area (Å²) in [7, 11) is 0. The van der Waals surface area contributed by atoms with Crippen LogP contribution in [0, 0.1) is 0 Å². The summed E-state index contributed by atoms with van der Waals surface area (Å²) >= 11 is 0. The molecule has 1 atom stereocenters. The van der Waals surface area contributed by atoms with Gasteiger partial charge in [-0.05, 0) is 39.3 Å². The van der Waals surface area contributed by atoms with E-state index in [9.17, 15) is 0 Å². The van der Waals surface area contributed by atoms with Crippen molar-refractivity contribution < 1.29 is 4.74 Å². The highest BCUT2D eigenvalue weighted by atomic mass is 16.5. The molecule has 0 amide bonds. The maximum atomic E-state index is 6.19. The van der Waals surface area contributed by atoms with E-state index in [4.69, 9.17) is 16.2 Å². The number of rotatable bonds is 7. The summed E-state index contributed by atoms with van der Waals surface area (Å²) in [5, 5.41) is 0. The Bertz CT molecular complexity index is 326. The van der Waals surface area contributed by atoms with Crippen LogP contribution >= 0.6 is 0 Å². The Morgan fingerprint density at radius 2 is 1.88 bits per heavy atom. The van der Waals surface area contributed by atoms with Crippen molar-refractivity contribution in [3.8, 4) is 5.75 Å². The quantitative estimate of drug-likeness (QED) is 0.715. The van der Waals surface area contributed by atoms with E-state index >= 15 is 0 Å². The van der Waals surface area contributed by atoms with Crippen molar-refractivity contribution in [2.75, 3.05) is 6.54 Å². The van der Waals surface area contributed by atoms with E-state index in [0.717, 1.165) is 37.1 Å². The first-order valence-corrected chi connectivity index (χ1v) is 6.36. The molecule has 0 saturated heterocycles. The lowest BCUT2D eigenvalue weighted by Gasteiger charge is -2.18. The minimum absolute atomic E-state index is 0.0384. The molecule has 1 aromatic rings. The minimum atomic E-state index is 0.0384. The van der Waals surface area contributed by atoms with Gasteiger partial charge in [0.15, 0.2) is 0 Å². The molecule has 0 saturated carbocycles. The van der Waals surface area contributed by atoms with E-state index in [1.165, 1.54) is 0 Å². The fraction of sp³-hybridized carbons (Fsp3) is 0.571. The normalized spacial score (nSPS) is 12.8. The van der Waals surface area contributed by atoms with Gasteiger partial charge < -0.3 is 16.2 Å². The molecule has 1 rings (SSSR count). The van der Waals surface area contributed by atoms with Gasteiger partial charge in [-0.2, -0.15) is 0 Å². The van der Waals surface area contributed by atoms with E-state index in [2.05, 4.69) is 0 Å². The van der Waals surface area contributed by atoms with E-state index in [0.29, 0.717) is 0 Å². The highest BCUT2D eigenvalue weighted by Crippen LogP contribution is 2.27. The molecule has 0 aliphatic carbocycles. The predicted octanol–water partition coefficient (Wildman–Crippen LogP) is 2.60. The number of hydrogen-bond donors (Lipinski definition) is 2. The number of ether oxygens (including phenoxy) is 1.